The molecule has 0 aliphatic carbocycles. The summed E-state index contributed by atoms with van der Waals surface area (Å²) in [5.74, 6) is 0.580. The van der Waals surface area contributed by atoms with Gasteiger partial charge in [0.05, 0.1) is 30.3 Å². The molecule has 124 valence electrons. The van der Waals surface area contributed by atoms with E-state index in [1.165, 1.54) is 0 Å². The van der Waals surface area contributed by atoms with Gasteiger partial charge in [0, 0.05) is 12.1 Å². The van der Waals surface area contributed by atoms with E-state index in [-0.39, 0.29) is 19.1 Å². The zero-order chi connectivity index (χ0) is 16.6. The number of aliphatic hydroxyl groups is 2. The number of benzene rings is 1. The van der Waals surface area contributed by atoms with Crippen molar-refractivity contribution < 1.29 is 19.7 Å². The minimum absolute atomic E-state index is 0.0766. The first-order valence-electron chi connectivity index (χ1n) is 7.73. The Labute approximate surface area is 133 Å². The number of aliphatic hydroxyl groups excluding tert-OH is 2. The van der Waals surface area contributed by atoms with Gasteiger partial charge >= 0.3 is 0 Å². The molecule has 1 aromatic carbocycles. The lowest BCUT2D eigenvalue weighted by atomic mass is 10.0. The van der Waals surface area contributed by atoms with Gasteiger partial charge in [0.2, 0.25) is 0 Å². The van der Waals surface area contributed by atoms with E-state index >= 15 is 0 Å². The molecule has 1 aliphatic heterocycles. The van der Waals surface area contributed by atoms with Crippen molar-refractivity contribution in [1.29, 1.82) is 0 Å². The summed E-state index contributed by atoms with van der Waals surface area (Å²) in [6, 6.07) is 4.71. The van der Waals surface area contributed by atoms with Gasteiger partial charge in [0.25, 0.3) is 5.91 Å². The van der Waals surface area contributed by atoms with Crippen molar-refractivity contribution in [3.05, 3.63) is 29.6 Å². The standard InChI is InChI=1S/C16H21N3O4/c1-3-19-9(2)17-11-6-10(4-5-13(11)19)16(22)18-12-7-23-8-14(20)15(12)21/h4-6,12,14-15,20-21H,3,7-8H2,1-2H3,(H,18,22)/t12-,14-,15+/m1/s1. The van der Waals surface area contributed by atoms with Crippen LogP contribution in [0, 0.1) is 6.92 Å². The molecular weight excluding hydrogens is 298 g/mol. The lowest BCUT2D eigenvalue weighted by molar-refractivity contribution is -0.102. The number of rotatable bonds is 3. The second-order valence-electron chi connectivity index (χ2n) is 5.78. The van der Waals surface area contributed by atoms with Crippen LogP contribution < -0.4 is 5.32 Å². The largest absolute Gasteiger partial charge is 0.388 e. The third-order valence-corrected chi connectivity index (χ3v) is 4.23. The number of ether oxygens (including phenoxy) is 1. The Hall–Kier alpha value is -1.96. The Morgan fingerprint density at radius 1 is 1.43 bits per heavy atom. The Bertz CT molecular complexity index is 727. The van der Waals surface area contributed by atoms with Crippen molar-refractivity contribution in [2.75, 3.05) is 13.2 Å². The number of amides is 1. The molecule has 7 heteroatoms. The van der Waals surface area contributed by atoms with Gasteiger partial charge in [-0.3, -0.25) is 4.79 Å². The number of nitrogens with one attached hydrogen (secondary N) is 1. The molecule has 1 amide bonds. The highest BCUT2D eigenvalue weighted by Gasteiger charge is 2.32. The molecule has 2 heterocycles. The van der Waals surface area contributed by atoms with Gasteiger partial charge in [-0.1, -0.05) is 0 Å². The normalized spacial score (nSPS) is 24.8. The first-order chi connectivity index (χ1) is 11.0. The molecule has 2 aromatic rings. The smallest absolute Gasteiger partial charge is 0.251 e. The number of imidazole rings is 1. The third-order valence-electron chi connectivity index (χ3n) is 4.23. The van der Waals surface area contributed by atoms with Crippen LogP contribution in [0.4, 0.5) is 0 Å². The molecule has 0 bridgehead atoms. The first-order valence-corrected chi connectivity index (χ1v) is 7.73. The molecule has 1 fully saturated rings. The van der Waals surface area contributed by atoms with Crippen LogP contribution >= 0.6 is 0 Å². The Kier molecular flexibility index (Phi) is 4.34. The second-order valence-corrected chi connectivity index (χ2v) is 5.78. The quantitative estimate of drug-likeness (QED) is 0.752. The zero-order valence-electron chi connectivity index (χ0n) is 13.2. The van der Waals surface area contributed by atoms with Gasteiger partial charge in [-0.2, -0.15) is 0 Å². The number of hydrogen-bond donors (Lipinski definition) is 3. The van der Waals surface area contributed by atoms with Crippen LogP contribution in [0.2, 0.25) is 0 Å². The topological polar surface area (TPSA) is 96.6 Å². The summed E-state index contributed by atoms with van der Waals surface area (Å²) in [6.07, 6.45) is -2.02. The van der Waals surface area contributed by atoms with E-state index < -0.39 is 18.2 Å². The summed E-state index contributed by atoms with van der Waals surface area (Å²) >= 11 is 0. The van der Waals surface area contributed by atoms with Crippen LogP contribution in [-0.2, 0) is 11.3 Å². The van der Waals surface area contributed by atoms with E-state index in [2.05, 4.69) is 14.9 Å². The van der Waals surface area contributed by atoms with Crippen molar-refractivity contribution in [3.8, 4) is 0 Å². The second kappa shape index (κ2) is 6.27. The van der Waals surface area contributed by atoms with E-state index in [1.54, 1.807) is 12.1 Å². The summed E-state index contributed by atoms with van der Waals surface area (Å²) in [7, 11) is 0. The molecule has 3 N–H and O–H groups in total. The van der Waals surface area contributed by atoms with Gasteiger partial charge in [-0.05, 0) is 32.0 Å². The minimum atomic E-state index is -1.03. The van der Waals surface area contributed by atoms with Crippen molar-refractivity contribution in [3.63, 3.8) is 0 Å². The molecule has 3 rings (SSSR count). The van der Waals surface area contributed by atoms with E-state index in [1.807, 2.05) is 19.9 Å². The molecule has 0 saturated carbocycles. The van der Waals surface area contributed by atoms with Crippen LogP contribution in [0.5, 0.6) is 0 Å². The van der Waals surface area contributed by atoms with Crippen LogP contribution in [0.1, 0.15) is 23.1 Å². The van der Waals surface area contributed by atoms with Crippen LogP contribution in [0.3, 0.4) is 0 Å². The van der Waals surface area contributed by atoms with Gasteiger partial charge in [-0.15, -0.1) is 0 Å². The summed E-state index contributed by atoms with van der Waals surface area (Å²) in [6.45, 7) is 5.05. The minimum Gasteiger partial charge on any atom is -0.388 e. The lowest BCUT2D eigenvalue weighted by Crippen LogP contribution is -2.55. The van der Waals surface area contributed by atoms with Crippen LogP contribution in [0.25, 0.3) is 11.0 Å². The molecule has 1 saturated heterocycles. The summed E-state index contributed by atoms with van der Waals surface area (Å²) < 4.78 is 7.24. The maximum atomic E-state index is 12.4. The number of aromatic nitrogens is 2. The highest BCUT2D eigenvalue weighted by molar-refractivity contribution is 5.97. The number of aryl methyl sites for hydroxylation is 2. The summed E-state index contributed by atoms with van der Waals surface area (Å²) in [5, 5.41) is 22.2. The number of hydrogen-bond acceptors (Lipinski definition) is 5. The SMILES string of the molecule is CCn1c(C)nc2cc(C(=O)N[C@@H]3COC[C@@H](O)[C@H]3O)ccc21. The van der Waals surface area contributed by atoms with E-state index in [9.17, 15) is 15.0 Å². The predicted molar refractivity (Wildman–Crippen MR) is 84.2 cm³/mol. The van der Waals surface area contributed by atoms with Crippen LogP contribution in [-0.4, -0.2) is 57.1 Å². The van der Waals surface area contributed by atoms with Crippen molar-refractivity contribution in [2.45, 2.75) is 38.6 Å². The monoisotopic (exact) mass is 319 g/mol. The van der Waals surface area contributed by atoms with Crippen molar-refractivity contribution in [1.82, 2.24) is 14.9 Å². The first kappa shape index (κ1) is 15.9. The Balaban J connectivity index is 1.81. The fourth-order valence-corrected chi connectivity index (χ4v) is 2.95. The van der Waals surface area contributed by atoms with Gasteiger partial charge in [0.1, 0.15) is 18.0 Å². The van der Waals surface area contributed by atoms with E-state index in [0.29, 0.717) is 5.56 Å². The third kappa shape index (κ3) is 2.95. The van der Waals surface area contributed by atoms with E-state index in [0.717, 1.165) is 23.4 Å². The molecule has 0 spiro atoms. The van der Waals surface area contributed by atoms with Gasteiger partial charge in [0.15, 0.2) is 0 Å². The van der Waals surface area contributed by atoms with E-state index in [4.69, 9.17) is 4.74 Å². The number of fused-ring (bicyclic) bond motifs is 1. The van der Waals surface area contributed by atoms with Crippen molar-refractivity contribution >= 4 is 16.9 Å². The molecular formula is C16H21N3O4. The molecule has 0 radical (unpaired) electrons. The highest BCUT2D eigenvalue weighted by atomic mass is 16.5. The van der Waals surface area contributed by atoms with Gasteiger partial charge < -0.3 is 24.8 Å². The number of carbonyl (C=O) groups excluding carboxylic acids is 1. The predicted octanol–water partition coefficient (Wildman–Crippen LogP) is 0.215. The fourth-order valence-electron chi connectivity index (χ4n) is 2.95. The molecule has 1 aromatic heterocycles. The Morgan fingerprint density at radius 2 is 2.22 bits per heavy atom. The van der Waals surface area contributed by atoms with Crippen LogP contribution in [0.15, 0.2) is 18.2 Å². The summed E-state index contributed by atoms with van der Waals surface area (Å²) in [4.78, 5) is 16.8. The lowest BCUT2D eigenvalue weighted by Gasteiger charge is -2.32. The maximum Gasteiger partial charge on any atom is 0.251 e. The maximum absolute atomic E-state index is 12.4. The van der Waals surface area contributed by atoms with Crippen molar-refractivity contribution in [2.24, 2.45) is 0 Å². The average Bonchev–Trinajstić information content (AvgIpc) is 2.85. The fraction of sp³-hybridized carbons (Fsp3) is 0.500. The zero-order valence-corrected chi connectivity index (χ0v) is 13.2. The molecule has 3 atom stereocenters. The highest BCUT2D eigenvalue weighted by Crippen LogP contribution is 2.18. The number of carbonyl (C=O) groups is 1. The number of nitrogens with zero attached hydrogens (tertiary/aromatic N) is 2. The molecule has 7 nitrogen and oxygen atoms in total. The molecule has 23 heavy (non-hydrogen) atoms. The summed E-state index contributed by atoms with van der Waals surface area (Å²) in [5.41, 5.74) is 2.21. The average molecular weight is 319 g/mol. The molecule has 0 unspecified atom stereocenters. The Morgan fingerprint density at radius 3 is 2.96 bits per heavy atom. The van der Waals surface area contributed by atoms with Gasteiger partial charge in [-0.25, -0.2) is 4.98 Å². The molecule has 1 aliphatic rings.